The molecule has 1 aliphatic carbocycles. The van der Waals surface area contributed by atoms with Crippen molar-refractivity contribution in [3.8, 4) is 23.1 Å². The van der Waals surface area contributed by atoms with Crippen molar-refractivity contribution in [3.05, 3.63) is 88.1 Å². The fourth-order valence-corrected chi connectivity index (χ4v) is 6.28. The molecule has 0 aliphatic heterocycles. The lowest BCUT2D eigenvalue weighted by atomic mass is 9.69. The maximum atomic E-state index is 4.78. The number of aryl methyl sites for hydroxylation is 3. The Labute approximate surface area is 226 Å². The molecule has 1 fully saturated rings. The first-order valence-corrected chi connectivity index (χ1v) is 14.5. The van der Waals surface area contributed by atoms with Crippen LogP contribution in [0.3, 0.4) is 0 Å². The van der Waals surface area contributed by atoms with Crippen molar-refractivity contribution in [1.82, 2.24) is 4.98 Å². The average Bonchev–Trinajstić information content (AvgIpc) is 2.90. The summed E-state index contributed by atoms with van der Waals surface area (Å²) in [6, 6.07) is 18.4. The van der Waals surface area contributed by atoms with Crippen molar-refractivity contribution < 1.29 is 0 Å². The van der Waals surface area contributed by atoms with E-state index in [4.69, 9.17) is 4.98 Å². The van der Waals surface area contributed by atoms with Crippen LogP contribution in [0.5, 0.6) is 0 Å². The smallest absolute Gasteiger partial charge is 0.0704 e. The Balaban J connectivity index is 1.65. The molecule has 1 saturated carbocycles. The first-order chi connectivity index (χ1) is 17.8. The van der Waals surface area contributed by atoms with Crippen LogP contribution in [0.2, 0.25) is 0 Å². The summed E-state index contributed by atoms with van der Waals surface area (Å²) in [7, 11) is 0. The Morgan fingerprint density at radius 1 is 0.838 bits per heavy atom. The maximum absolute atomic E-state index is 4.78. The van der Waals surface area contributed by atoms with Gasteiger partial charge >= 0.3 is 0 Å². The van der Waals surface area contributed by atoms with E-state index < -0.39 is 0 Å². The van der Waals surface area contributed by atoms with Crippen LogP contribution >= 0.6 is 0 Å². The summed E-state index contributed by atoms with van der Waals surface area (Å²) in [5.74, 6) is 7.22. The number of rotatable bonds is 7. The van der Waals surface area contributed by atoms with Crippen LogP contribution in [0.15, 0.2) is 54.7 Å². The van der Waals surface area contributed by atoms with Crippen LogP contribution in [0.4, 0.5) is 0 Å². The minimum Gasteiger partial charge on any atom is -0.256 e. The summed E-state index contributed by atoms with van der Waals surface area (Å²) in [6.07, 6.45) is 12.9. The zero-order valence-electron chi connectivity index (χ0n) is 24.0. The molecule has 1 aliphatic rings. The molecule has 1 nitrogen and oxygen atoms in total. The van der Waals surface area contributed by atoms with Crippen LogP contribution in [0.1, 0.15) is 112 Å². The topological polar surface area (TPSA) is 12.9 Å². The lowest BCUT2D eigenvalue weighted by molar-refractivity contribution is 0.299. The minimum absolute atomic E-state index is 0.00618. The normalized spacial score (nSPS) is 15.2. The molecule has 0 atom stereocenters. The predicted octanol–water partition coefficient (Wildman–Crippen LogP) is 9.75. The van der Waals surface area contributed by atoms with E-state index in [1.165, 1.54) is 71.0 Å². The van der Waals surface area contributed by atoms with Crippen molar-refractivity contribution in [3.63, 3.8) is 0 Å². The van der Waals surface area contributed by atoms with Gasteiger partial charge in [0.15, 0.2) is 0 Å². The average molecular weight is 492 g/mol. The Hall–Kier alpha value is -2.85. The molecule has 0 radical (unpaired) electrons. The van der Waals surface area contributed by atoms with E-state index in [1.807, 2.05) is 6.20 Å². The zero-order valence-corrected chi connectivity index (χ0v) is 24.0. The fraction of sp³-hybridized carbons (Fsp3) is 0.472. The van der Waals surface area contributed by atoms with Crippen molar-refractivity contribution in [2.24, 2.45) is 5.41 Å². The molecule has 194 valence electrons. The summed E-state index contributed by atoms with van der Waals surface area (Å²) in [5.41, 5.74) is 10.3. The molecule has 3 aromatic rings. The molecule has 1 heteroatoms. The highest BCUT2D eigenvalue weighted by Crippen LogP contribution is 2.41. The SMILES string of the molecule is CCCc1ccc(-c2ccc(C(CC)(CC)c3ccc(C#CC4(C)CCCCC4)c(C)c3)cc2C)nc1. The molecular weight excluding hydrogens is 446 g/mol. The molecule has 37 heavy (non-hydrogen) atoms. The number of hydrogen-bond donors (Lipinski definition) is 0. The second-order valence-corrected chi connectivity index (χ2v) is 11.5. The van der Waals surface area contributed by atoms with Gasteiger partial charge < -0.3 is 0 Å². The van der Waals surface area contributed by atoms with Gasteiger partial charge in [-0.3, -0.25) is 4.98 Å². The molecule has 2 aromatic carbocycles. The first kappa shape index (κ1) is 27.2. The van der Waals surface area contributed by atoms with E-state index in [-0.39, 0.29) is 10.8 Å². The second-order valence-electron chi connectivity index (χ2n) is 11.5. The van der Waals surface area contributed by atoms with Crippen LogP contribution < -0.4 is 0 Å². The van der Waals surface area contributed by atoms with Gasteiger partial charge in [-0.05, 0) is 92.8 Å². The van der Waals surface area contributed by atoms with E-state index in [2.05, 4.69) is 102 Å². The Morgan fingerprint density at radius 2 is 1.51 bits per heavy atom. The molecule has 0 bridgehead atoms. The van der Waals surface area contributed by atoms with E-state index >= 15 is 0 Å². The third-order valence-corrected chi connectivity index (χ3v) is 8.86. The monoisotopic (exact) mass is 491 g/mol. The molecule has 4 rings (SSSR count). The third-order valence-electron chi connectivity index (χ3n) is 8.86. The van der Waals surface area contributed by atoms with E-state index in [0.29, 0.717) is 0 Å². The van der Waals surface area contributed by atoms with Gasteiger partial charge in [0.25, 0.3) is 0 Å². The van der Waals surface area contributed by atoms with Gasteiger partial charge in [0, 0.05) is 28.2 Å². The maximum Gasteiger partial charge on any atom is 0.0704 e. The zero-order chi connectivity index (χ0) is 26.5. The van der Waals surface area contributed by atoms with Crippen LogP contribution in [0.25, 0.3) is 11.3 Å². The van der Waals surface area contributed by atoms with Crippen LogP contribution in [0, 0.1) is 31.1 Å². The third kappa shape index (κ3) is 5.85. The van der Waals surface area contributed by atoms with Crippen molar-refractivity contribution in [2.75, 3.05) is 0 Å². The number of nitrogens with zero attached hydrogens (tertiary/aromatic N) is 1. The Bertz CT molecular complexity index is 1260. The second kappa shape index (κ2) is 11.7. The summed E-state index contributed by atoms with van der Waals surface area (Å²) < 4.78 is 0. The highest BCUT2D eigenvalue weighted by atomic mass is 14.7. The van der Waals surface area contributed by atoms with E-state index in [9.17, 15) is 0 Å². The Kier molecular flexibility index (Phi) is 8.59. The fourth-order valence-electron chi connectivity index (χ4n) is 6.28. The molecule has 0 spiro atoms. The largest absolute Gasteiger partial charge is 0.256 e. The molecule has 1 heterocycles. The molecule has 0 amide bonds. The standard InChI is InChI=1S/C36H45N/c1-7-13-29-14-19-34(37-26-29)33-18-17-32(25-28(33)5)36(8-2,9-3)31-16-15-30(27(4)24-31)20-23-35(6)21-11-10-12-22-35/h14-19,24-26H,7-13,21-22H2,1-6H3. The highest BCUT2D eigenvalue weighted by Gasteiger charge is 2.31. The lowest BCUT2D eigenvalue weighted by Crippen LogP contribution is -2.26. The van der Waals surface area contributed by atoms with Gasteiger partial charge in [0.2, 0.25) is 0 Å². The minimum atomic E-state index is -0.00618. The molecule has 0 N–H and O–H groups in total. The van der Waals surface area contributed by atoms with E-state index in [1.54, 1.807) is 0 Å². The highest BCUT2D eigenvalue weighted by molar-refractivity contribution is 5.65. The number of hydrogen-bond acceptors (Lipinski definition) is 1. The molecule has 0 unspecified atom stereocenters. The van der Waals surface area contributed by atoms with Crippen LogP contribution in [-0.4, -0.2) is 4.98 Å². The summed E-state index contributed by atoms with van der Waals surface area (Å²) in [4.78, 5) is 4.78. The van der Waals surface area contributed by atoms with Gasteiger partial charge in [0.05, 0.1) is 5.69 Å². The van der Waals surface area contributed by atoms with Crippen molar-refractivity contribution in [1.29, 1.82) is 0 Å². The quantitative estimate of drug-likeness (QED) is 0.300. The number of pyridine rings is 1. The Morgan fingerprint density at radius 3 is 2.08 bits per heavy atom. The summed E-state index contributed by atoms with van der Waals surface area (Å²) in [5, 5.41) is 0. The number of benzene rings is 2. The summed E-state index contributed by atoms with van der Waals surface area (Å²) in [6.45, 7) is 13.7. The van der Waals surface area contributed by atoms with Crippen LogP contribution in [-0.2, 0) is 11.8 Å². The summed E-state index contributed by atoms with van der Waals surface area (Å²) >= 11 is 0. The van der Waals surface area contributed by atoms with Crippen molar-refractivity contribution >= 4 is 0 Å². The van der Waals surface area contributed by atoms with Gasteiger partial charge in [-0.1, -0.05) is 94.7 Å². The first-order valence-electron chi connectivity index (χ1n) is 14.5. The lowest BCUT2D eigenvalue weighted by Gasteiger charge is -2.34. The molecular formula is C36H45N. The van der Waals surface area contributed by atoms with Crippen molar-refractivity contribution in [2.45, 2.75) is 105 Å². The van der Waals surface area contributed by atoms with Gasteiger partial charge in [-0.25, -0.2) is 0 Å². The van der Waals surface area contributed by atoms with Gasteiger partial charge in [-0.15, -0.1) is 0 Å². The van der Waals surface area contributed by atoms with E-state index in [0.717, 1.165) is 31.4 Å². The predicted molar refractivity (Wildman–Crippen MR) is 159 cm³/mol. The molecule has 0 saturated heterocycles. The molecule has 1 aromatic heterocycles. The van der Waals surface area contributed by atoms with Gasteiger partial charge in [-0.2, -0.15) is 0 Å². The van der Waals surface area contributed by atoms with Gasteiger partial charge in [0.1, 0.15) is 0 Å². The number of aromatic nitrogens is 1.